The van der Waals surface area contributed by atoms with E-state index in [9.17, 15) is 5.11 Å². The van der Waals surface area contributed by atoms with Crippen LogP contribution in [0, 0.1) is 5.92 Å². The van der Waals surface area contributed by atoms with Gasteiger partial charge in [0, 0.05) is 18.7 Å². The van der Waals surface area contributed by atoms with Gasteiger partial charge in [0.05, 0.1) is 5.69 Å². The lowest BCUT2D eigenvalue weighted by molar-refractivity contribution is 0.213. The van der Waals surface area contributed by atoms with E-state index >= 15 is 0 Å². The summed E-state index contributed by atoms with van der Waals surface area (Å²) in [7, 11) is 0. The van der Waals surface area contributed by atoms with Crippen LogP contribution < -0.4 is 0 Å². The van der Waals surface area contributed by atoms with Crippen molar-refractivity contribution >= 4 is 11.9 Å². The first-order valence-corrected chi connectivity index (χ1v) is 5.59. The van der Waals surface area contributed by atoms with Crippen LogP contribution in [0.25, 0.3) is 0 Å². The molecule has 0 aromatic heterocycles. The number of hydrogen-bond donors (Lipinski definition) is 1. The molecule has 15 heavy (non-hydrogen) atoms. The molecule has 0 bridgehead atoms. The molecule has 1 aromatic rings. The molecule has 1 aliphatic heterocycles. The Hall–Kier alpha value is -1.15. The minimum atomic E-state index is 0.281. The van der Waals surface area contributed by atoms with Crippen molar-refractivity contribution in [1.29, 1.82) is 0 Å². The van der Waals surface area contributed by atoms with Gasteiger partial charge in [-0.25, -0.2) is 0 Å². The number of aliphatic imine (C=N–C) groups is 1. The number of aliphatic hydroxyl groups excluding tert-OH is 1. The Morgan fingerprint density at radius 3 is 2.93 bits per heavy atom. The van der Waals surface area contributed by atoms with Gasteiger partial charge < -0.3 is 5.11 Å². The van der Waals surface area contributed by atoms with E-state index in [4.69, 9.17) is 0 Å². The van der Waals surface area contributed by atoms with Crippen LogP contribution in [0.15, 0.2) is 29.3 Å². The highest BCUT2D eigenvalue weighted by Gasteiger charge is 2.21. The molecule has 1 N–H and O–H groups in total. The molecule has 2 rings (SSSR count). The van der Waals surface area contributed by atoms with Crippen LogP contribution in [-0.2, 0) is 0 Å². The Morgan fingerprint density at radius 2 is 2.20 bits per heavy atom. The van der Waals surface area contributed by atoms with Gasteiger partial charge in [-0.3, -0.25) is 4.99 Å². The minimum absolute atomic E-state index is 0.281. The first-order valence-electron chi connectivity index (χ1n) is 5.59. The van der Waals surface area contributed by atoms with E-state index in [1.54, 1.807) is 0 Å². The Morgan fingerprint density at radius 1 is 1.40 bits per heavy atom. The Balaban J connectivity index is 2.11. The molecule has 1 heterocycles. The van der Waals surface area contributed by atoms with E-state index in [2.05, 4.69) is 24.0 Å². The van der Waals surface area contributed by atoms with Crippen molar-refractivity contribution in [3.63, 3.8) is 0 Å². The first-order chi connectivity index (χ1) is 7.35. The normalized spacial score (nSPS) is 20.3. The van der Waals surface area contributed by atoms with Gasteiger partial charge in [-0.2, -0.15) is 0 Å². The van der Waals surface area contributed by atoms with Crippen LogP contribution in [-0.4, -0.2) is 17.9 Å². The number of aliphatic hydroxyl groups is 1. The van der Waals surface area contributed by atoms with E-state index in [-0.39, 0.29) is 6.61 Å². The fourth-order valence-electron chi connectivity index (χ4n) is 2.09. The van der Waals surface area contributed by atoms with Crippen LogP contribution in [0.3, 0.4) is 0 Å². The quantitative estimate of drug-likeness (QED) is 0.801. The largest absolute Gasteiger partial charge is 0.396 e. The maximum Gasteiger partial charge on any atom is 0.0664 e. The fourth-order valence-corrected chi connectivity index (χ4v) is 2.09. The third-order valence-electron chi connectivity index (χ3n) is 3.15. The molecule has 80 valence electrons. The summed E-state index contributed by atoms with van der Waals surface area (Å²) in [6, 6.07) is 8.26. The second-order valence-electron chi connectivity index (χ2n) is 4.14. The average Bonchev–Trinajstić information content (AvgIpc) is 2.69. The number of para-hydroxylation sites is 1. The third-order valence-corrected chi connectivity index (χ3v) is 3.15. The molecular formula is C13H17NO. The lowest BCUT2D eigenvalue weighted by atomic mass is 9.89. The zero-order valence-electron chi connectivity index (χ0n) is 9.06. The van der Waals surface area contributed by atoms with Gasteiger partial charge in [-0.05, 0) is 24.0 Å². The fraction of sp³-hybridized carbons (Fsp3) is 0.462. The highest BCUT2D eigenvalue weighted by molar-refractivity contribution is 5.80. The predicted molar refractivity (Wildman–Crippen MR) is 62.8 cm³/mol. The maximum absolute atomic E-state index is 9.19. The minimum Gasteiger partial charge on any atom is -0.396 e. The number of benzene rings is 1. The molecule has 2 unspecified atom stereocenters. The van der Waals surface area contributed by atoms with Crippen LogP contribution >= 0.6 is 0 Å². The Labute approximate surface area is 90.7 Å². The van der Waals surface area contributed by atoms with E-state index in [1.807, 2.05) is 18.3 Å². The number of rotatable bonds is 4. The van der Waals surface area contributed by atoms with Gasteiger partial charge in [0.1, 0.15) is 0 Å². The zero-order valence-corrected chi connectivity index (χ0v) is 9.06. The summed E-state index contributed by atoms with van der Waals surface area (Å²) in [6.07, 6.45) is 4.06. The van der Waals surface area contributed by atoms with Crippen LogP contribution in [0.4, 0.5) is 5.69 Å². The summed E-state index contributed by atoms with van der Waals surface area (Å²) in [5.41, 5.74) is 2.40. The highest BCUT2D eigenvalue weighted by atomic mass is 16.3. The number of hydrogen-bond acceptors (Lipinski definition) is 2. The van der Waals surface area contributed by atoms with Crippen molar-refractivity contribution in [3.8, 4) is 0 Å². The van der Waals surface area contributed by atoms with Gasteiger partial charge in [-0.15, -0.1) is 0 Å². The summed E-state index contributed by atoms with van der Waals surface area (Å²) < 4.78 is 0. The standard InChI is InChI=1S/C13H17NO/c1-2-10(9-15)7-11-8-14-13-6-4-3-5-12(11)13/h3-6,8,10-11,15H,2,7,9H2,1H3. The maximum atomic E-state index is 9.19. The van der Waals surface area contributed by atoms with Crippen molar-refractivity contribution in [1.82, 2.24) is 0 Å². The molecule has 0 spiro atoms. The van der Waals surface area contributed by atoms with Crippen LogP contribution in [0.2, 0.25) is 0 Å². The van der Waals surface area contributed by atoms with Gasteiger partial charge in [0.2, 0.25) is 0 Å². The van der Waals surface area contributed by atoms with Crippen molar-refractivity contribution in [2.75, 3.05) is 6.61 Å². The topological polar surface area (TPSA) is 32.6 Å². The van der Waals surface area contributed by atoms with Crippen molar-refractivity contribution in [2.24, 2.45) is 10.9 Å². The molecule has 0 amide bonds. The summed E-state index contributed by atoms with van der Waals surface area (Å²) in [5, 5.41) is 9.19. The second-order valence-corrected chi connectivity index (χ2v) is 4.14. The molecular weight excluding hydrogens is 186 g/mol. The average molecular weight is 203 g/mol. The number of fused-ring (bicyclic) bond motifs is 1. The van der Waals surface area contributed by atoms with Crippen LogP contribution in [0.1, 0.15) is 31.2 Å². The highest BCUT2D eigenvalue weighted by Crippen LogP contribution is 2.35. The molecule has 0 aliphatic carbocycles. The third kappa shape index (κ3) is 2.10. The molecule has 2 atom stereocenters. The lowest BCUT2D eigenvalue weighted by Crippen LogP contribution is -2.10. The SMILES string of the molecule is CCC(CO)CC1C=Nc2ccccc21. The Bertz CT molecular complexity index is 355. The van der Waals surface area contributed by atoms with Gasteiger partial charge >= 0.3 is 0 Å². The number of nitrogens with zero attached hydrogens (tertiary/aromatic N) is 1. The van der Waals surface area contributed by atoms with Crippen molar-refractivity contribution in [2.45, 2.75) is 25.7 Å². The van der Waals surface area contributed by atoms with E-state index in [1.165, 1.54) is 5.56 Å². The molecule has 2 heteroatoms. The van der Waals surface area contributed by atoms with Crippen LogP contribution in [0.5, 0.6) is 0 Å². The Kier molecular flexibility index (Phi) is 3.17. The lowest BCUT2D eigenvalue weighted by Gasteiger charge is -2.15. The molecule has 0 fully saturated rings. The van der Waals surface area contributed by atoms with Gasteiger partial charge in [0.15, 0.2) is 0 Å². The molecule has 1 aromatic carbocycles. The van der Waals surface area contributed by atoms with E-state index in [0.29, 0.717) is 11.8 Å². The molecule has 0 radical (unpaired) electrons. The van der Waals surface area contributed by atoms with Crippen molar-refractivity contribution in [3.05, 3.63) is 29.8 Å². The van der Waals surface area contributed by atoms with Gasteiger partial charge in [0.25, 0.3) is 0 Å². The molecule has 1 aliphatic rings. The second kappa shape index (κ2) is 4.58. The molecule has 0 saturated heterocycles. The predicted octanol–water partition coefficient (Wildman–Crippen LogP) is 2.89. The smallest absolute Gasteiger partial charge is 0.0664 e. The summed E-state index contributed by atoms with van der Waals surface area (Å²) >= 11 is 0. The van der Waals surface area contributed by atoms with E-state index < -0.39 is 0 Å². The zero-order chi connectivity index (χ0) is 10.7. The molecule has 0 saturated carbocycles. The summed E-state index contributed by atoms with van der Waals surface area (Å²) in [6.45, 7) is 2.40. The summed E-state index contributed by atoms with van der Waals surface area (Å²) in [5.74, 6) is 0.797. The summed E-state index contributed by atoms with van der Waals surface area (Å²) in [4.78, 5) is 4.40. The first kappa shape index (κ1) is 10.4. The monoisotopic (exact) mass is 203 g/mol. The van der Waals surface area contributed by atoms with Crippen molar-refractivity contribution < 1.29 is 5.11 Å². The van der Waals surface area contributed by atoms with Gasteiger partial charge in [-0.1, -0.05) is 31.5 Å². The molecule has 2 nitrogen and oxygen atoms in total. The van der Waals surface area contributed by atoms with E-state index in [0.717, 1.165) is 18.5 Å².